The van der Waals surface area contributed by atoms with Crippen molar-refractivity contribution in [2.75, 3.05) is 12.5 Å². The van der Waals surface area contributed by atoms with Gasteiger partial charge in [-0.1, -0.05) is 79.4 Å². The second-order valence-electron chi connectivity index (χ2n) is 7.01. The lowest BCUT2D eigenvalue weighted by Crippen LogP contribution is -2.00. The van der Waals surface area contributed by atoms with Crippen molar-refractivity contribution in [3.8, 4) is 11.1 Å². The SMILES string of the molecule is C=C/C=C\C.CO/C=C/Cn1ncc2c(N/N=C/c3ccc(-c4ccccc4)cc3)ncnc21. The van der Waals surface area contributed by atoms with Crippen molar-refractivity contribution in [3.63, 3.8) is 0 Å². The largest absolute Gasteiger partial charge is 0.505 e. The summed E-state index contributed by atoms with van der Waals surface area (Å²) in [4.78, 5) is 8.58. The number of fused-ring (bicyclic) bond motifs is 1. The molecule has 0 aliphatic rings. The summed E-state index contributed by atoms with van der Waals surface area (Å²) in [5, 5.41) is 9.46. The molecule has 7 nitrogen and oxygen atoms in total. The van der Waals surface area contributed by atoms with Crippen molar-refractivity contribution in [1.82, 2.24) is 19.7 Å². The maximum atomic E-state index is 4.92. The fourth-order valence-corrected chi connectivity index (χ4v) is 3.05. The molecule has 0 radical (unpaired) electrons. The molecule has 172 valence electrons. The number of hydrogen-bond acceptors (Lipinski definition) is 6. The maximum absolute atomic E-state index is 4.92. The summed E-state index contributed by atoms with van der Waals surface area (Å²) >= 11 is 0. The lowest BCUT2D eigenvalue weighted by Gasteiger charge is -2.03. The van der Waals surface area contributed by atoms with Crippen LogP contribution >= 0.6 is 0 Å². The smallest absolute Gasteiger partial charge is 0.163 e. The molecule has 2 heterocycles. The van der Waals surface area contributed by atoms with Gasteiger partial charge in [-0.3, -0.25) is 5.43 Å². The molecule has 0 spiro atoms. The molecule has 2 aromatic heterocycles. The van der Waals surface area contributed by atoms with Gasteiger partial charge in [0, 0.05) is 0 Å². The number of benzene rings is 2. The molecular weight excluding hydrogens is 424 g/mol. The van der Waals surface area contributed by atoms with Crippen LogP contribution in [0.4, 0.5) is 5.82 Å². The molecule has 0 atom stereocenters. The first-order valence-corrected chi connectivity index (χ1v) is 10.8. The number of aromatic nitrogens is 4. The summed E-state index contributed by atoms with van der Waals surface area (Å²) in [6.07, 6.45) is 14.0. The zero-order valence-electron chi connectivity index (χ0n) is 19.4. The van der Waals surface area contributed by atoms with Gasteiger partial charge in [-0.25, -0.2) is 14.6 Å². The molecule has 0 aliphatic carbocycles. The van der Waals surface area contributed by atoms with Gasteiger partial charge in [-0.2, -0.15) is 10.2 Å². The van der Waals surface area contributed by atoms with Crippen molar-refractivity contribution in [2.24, 2.45) is 5.10 Å². The average molecular weight is 453 g/mol. The van der Waals surface area contributed by atoms with Crippen molar-refractivity contribution in [2.45, 2.75) is 13.5 Å². The van der Waals surface area contributed by atoms with Crippen molar-refractivity contribution >= 4 is 23.1 Å². The van der Waals surface area contributed by atoms with Gasteiger partial charge < -0.3 is 4.74 Å². The van der Waals surface area contributed by atoms with Gasteiger partial charge in [0.1, 0.15) is 6.33 Å². The molecular formula is C27H28N6O. The molecule has 1 N–H and O–H groups in total. The van der Waals surface area contributed by atoms with E-state index in [9.17, 15) is 0 Å². The summed E-state index contributed by atoms with van der Waals surface area (Å²) in [5.41, 5.74) is 7.06. The van der Waals surface area contributed by atoms with Gasteiger partial charge in [0.05, 0.1) is 37.7 Å². The Labute approximate surface area is 199 Å². The molecule has 0 aliphatic heterocycles. The quantitative estimate of drug-likeness (QED) is 0.157. The number of nitrogens with zero attached hydrogens (tertiary/aromatic N) is 5. The highest BCUT2D eigenvalue weighted by Crippen LogP contribution is 2.20. The zero-order valence-corrected chi connectivity index (χ0v) is 19.4. The highest BCUT2D eigenvalue weighted by molar-refractivity contribution is 5.87. The minimum Gasteiger partial charge on any atom is -0.505 e. The molecule has 7 heteroatoms. The molecule has 0 unspecified atom stereocenters. The molecule has 34 heavy (non-hydrogen) atoms. The molecule has 0 fully saturated rings. The highest BCUT2D eigenvalue weighted by Gasteiger charge is 2.08. The molecule has 4 rings (SSSR count). The predicted molar refractivity (Wildman–Crippen MR) is 140 cm³/mol. The number of nitrogens with one attached hydrogen (secondary N) is 1. The summed E-state index contributed by atoms with van der Waals surface area (Å²) in [6.45, 7) is 5.98. The van der Waals surface area contributed by atoms with Crippen LogP contribution in [0, 0.1) is 0 Å². The first-order valence-electron chi connectivity index (χ1n) is 10.8. The van der Waals surface area contributed by atoms with Crippen molar-refractivity contribution in [3.05, 3.63) is 110 Å². The third-order valence-corrected chi connectivity index (χ3v) is 4.67. The van der Waals surface area contributed by atoms with E-state index in [4.69, 9.17) is 4.74 Å². The Morgan fingerprint density at radius 2 is 1.82 bits per heavy atom. The van der Waals surface area contributed by atoms with Crippen LogP contribution in [0.2, 0.25) is 0 Å². The van der Waals surface area contributed by atoms with Gasteiger partial charge in [0.25, 0.3) is 0 Å². The van der Waals surface area contributed by atoms with E-state index in [1.165, 1.54) is 17.5 Å². The van der Waals surface area contributed by atoms with Crippen LogP contribution in [0.25, 0.3) is 22.2 Å². The van der Waals surface area contributed by atoms with Crippen LogP contribution in [-0.4, -0.2) is 33.1 Å². The third-order valence-electron chi connectivity index (χ3n) is 4.67. The monoisotopic (exact) mass is 452 g/mol. The molecule has 0 amide bonds. The highest BCUT2D eigenvalue weighted by atomic mass is 16.5. The predicted octanol–water partition coefficient (Wildman–Crippen LogP) is 5.85. The van der Waals surface area contributed by atoms with Crippen molar-refractivity contribution in [1.29, 1.82) is 0 Å². The first-order chi connectivity index (χ1) is 16.8. The normalized spacial score (nSPS) is 11.1. The lowest BCUT2D eigenvalue weighted by atomic mass is 10.0. The topological polar surface area (TPSA) is 77.2 Å². The number of ether oxygens (including phenoxy) is 1. The number of rotatable bonds is 8. The van der Waals surface area contributed by atoms with Gasteiger partial charge in [0.2, 0.25) is 0 Å². The van der Waals surface area contributed by atoms with Crippen LogP contribution < -0.4 is 5.43 Å². The van der Waals surface area contributed by atoms with E-state index in [0.717, 1.165) is 16.6 Å². The average Bonchev–Trinajstić information content (AvgIpc) is 3.30. The Morgan fingerprint density at radius 1 is 1.06 bits per heavy atom. The minimum absolute atomic E-state index is 0.560. The van der Waals surface area contributed by atoms with Crippen molar-refractivity contribution < 1.29 is 4.74 Å². The van der Waals surface area contributed by atoms with Gasteiger partial charge in [-0.05, 0) is 29.7 Å². The summed E-state index contributed by atoms with van der Waals surface area (Å²) in [6, 6.07) is 18.5. The Bertz CT molecular complexity index is 1260. The summed E-state index contributed by atoms with van der Waals surface area (Å²) in [7, 11) is 1.61. The van der Waals surface area contributed by atoms with E-state index in [2.05, 4.69) is 56.4 Å². The summed E-state index contributed by atoms with van der Waals surface area (Å²) in [5.74, 6) is 0.606. The van der Waals surface area contributed by atoms with Gasteiger partial charge in [0.15, 0.2) is 11.5 Å². The first kappa shape index (κ1) is 24.1. The molecule has 4 aromatic rings. The van der Waals surface area contributed by atoms with E-state index in [0.29, 0.717) is 12.4 Å². The zero-order chi connectivity index (χ0) is 24.0. The van der Waals surface area contributed by atoms with E-state index >= 15 is 0 Å². The summed E-state index contributed by atoms with van der Waals surface area (Å²) < 4.78 is 6.69. The maximum Gasteiger partial charge on any atom is 0.163 e. The van der Waals surface area contributed by atoms with Crippen LogP contribution in [-0.2, 0) is 11.3 Å². The number of allylic oxidation sites excluding steroid dienone is 4. The number of methoxy groups -OCH3 is 1. The second-order valence-corrected chi connectivity index (χ2v) is 7.01. The molecule has 0 bridgehead atoms. The lowest BCUT2D eigenvalue weighted by molar-refractivity contribution is 0.335. The number of hydrogen-bond donors (Lipinski definition) is 1. The van der Waals surface area contributed by atoms with E-state index < -0.39 is 0 Å². The number of hydrazone groups is 1. The van der Waals surface area contributed by atoms with Crippen LogP contribution in [0.1, 0.15) is 12.5 Å². The Hall–Kier alpha value is -4.52. The standard InChI is InChI=1S/C22H20N6O.C5H8/c1-29-13-5-12-28-22-20(15-26-28)21(23-16-24-22)27-25-14-17-8-10-19(11-9-17)18-6-3-2-4-7-18;1-3-5-4-2/h2-11,13-16H,12H2,1H3,(H,23,24,27);3-5H,1H2,2H3/b13-5+,25-14+;5-4-. The third kappa shape index (κ3) is 6.74. The molecule has 0 saturated heterocycles. The minimum atomic E-state index is 0.560. The molecule has 2 aromatic carbocycles. The fraction of sp³-hybridized carbons (Fsp3) is 0.111. The fourth-order valence-electron chi connectivity index (χ4n) is 3.05. The molecule has 0 saturated carbocycles. The van der Waals surface area contributed by atoms with Crippen LogP contribution in [0.15, 0.2) is 109 Å². The van der Waals surface area contributed by atoms with Crippen LogP contribution in [0.3, 0.4) is 0 Å². The Balaban J connectivity index is 0.000000588. The Morgan fingerprint density at radius 3 is 2.50 bits per heavy atom. The number of anilines is 1. The van der Waals surface area contributed by atoms with Crippen LogP contribution in [0.5, 0.6) is 0 Å². The Kier molecular flexibility index (Phi) is 9.31. The van der Waals surface area contributed by atoms with Gasteiger partial charge in [-0.15, -0.1) is 0 Å². The van der Waals surface area contributed by atoms with E-state index in [-0.39, 0.29) is 0 Å². The van der Waals surface area contributed by atoms with Gasteiger partial charge >= 0.3 is 0 Å². The second kappa shape index (κ2) is 13.1. The van der Waals surface area contributed by atoms with E-state index in [1.54, 1.807) is 36.5 Å². The van der Waals surface area contributed by atoms with E-state index in [1.807, 2.05) is 55.5 Å².